The van der Waals surface area contributed by atoms with Crippen LogP contribution in [-0.4, -0.2) is 19.2 Å². The van der Waals surface area contributed by atoms with Gasteiger partial charge >= 0.3 is 0 Å². The fourth-order valence-electron chi connectivity index (χ4n) is 2.98. The number of halogens is 1. The molecule has 3 atom stereocenters. The summed E-state index contributed by atoms with van der Waals surface area (Å²) in [6.45, 7) is 5.87. The summed E-state index contributed by atoms with van der Waals surface area (Å²) in [6, 6.07) is 6.96. The summed E-state index contributed by atoms with van der Waals surface area (Å²) in [4.78, 5) is 0. The average molecular weight is 279 g/mol. The van der Waals surface area contributed by atoms with Gasteiger partial charge in [0.1, 0.15) is 5.82 Å². The Kier molecular flexibility index (Phi) is 5.99. The van der Waals surface area contributed by atoms with Crippen molar-refractivity contribution in [2.45, 2.75) is 51.7 Å². The van der Waals surface area contributed by atoms with Crippen LogP contribution in [0.1, 0.15) is 51.2 Å². The predicted octanol–water partition coefficient (Wildman–Crippen LogP) is 4.07. The van der Waals surface area contributed by atoms with Gasteiger partial charge in [-0.15, -0.1) is 0 Å². The lowest BCUT2D eigenvalue weighted by Crippen LogP contribution is -2.29. The molecule has 1 aromatic rings. The number of hydrogen-bond donors (Lipinski definition) is 1. The SMILES string of the molecule is CCNCC(OC1CCCC(C)C1)c1ccccc1F. The van der Waals surface area contributed by atoms with E-state index in [1.807, 2.05) is 12.1 Å². The van der Waals surface area contributed by atoms with Crippen LogP contribution < -0.4 is 5.32 Å². The van der Waals surface area contributed by atoms with Crippen LogP contribution in [0.15, 0.2) is 24.3 Å². The Labute approximate surface area is 121 Å². The van der Waals surface area contributed by atoms with Crippen LogP contribution in [0.5, 0.6) is 0 Å². The highest BCUT2D eigenvalue weighted by molar-refractivity contribution is 5.20. The predicted molar refractivity (Wildman–Crippen MR) is 80.2 cm³/mol. The maximum Gasteiger partial charge on any atom is 0.129 e. The van der Waals surface area contributed by atoms with Crippen LogP contribution in [0.4, 0.5) is 4.39 Å². The molecule has 1 fully saturated rings. The Bertz CT molecular complexity index is 410. The number of rotatable bonds is 6. The summed E-state index contributed by atoms with van der Waals surface area (Å²) in [5.74, 6) is 0.549. The molecule has 2 nitrogen and oxygen atoms in total. The first-order chi connectivity index (χ1) is 9.70. The minimum atomic E-state index is -0.188. The summed E-state index contributed by atoms with van der Waals surface area (Å²) in [7, 11) is 0. The lowest BCUT2D eigenvalue weighted by atomic mass is 9.88. The Hall–Kier alpha value is -0.930. The third kappa shape index (κ3) is 4.29. The molecule has 0 radical (unpaired) electrons. The first-order valence-electron chi connectivity index (χ1n) is 7.81. The van der Waals surface area contributed by atoms with E-state index in [2.05, 4.69) is 19.2 Å². The van der Waals surface area contributed by atoms with Crippen LogP contribution in [0.25, 0.3) is 0 Å². The third-order valence-electron chi connectivity index (χ3n) is 4.08. The smallest absolute Gasteiger partial charge is 0.129 e. The molecule has 20 heavy (non-hydrogen) atoms. The molecular formula is C17H26FNO. The molecule has 0 bridgehead atoms. The Balaban J connectivity index is 2.05. The van der Waals surface area contributed by atoms with E-state index in [-0.39, 0.29) is 18.0 Å². The van der Waals surface area contributed by atoms with Crippen molar-refractivity contribution in [2.75, 3.05) is 13.1 Å². The normalized spacial score (nSPS) is 24.6. The van der Waals surface area contributed by atoms with Gasteiger partial charge in [0.15, 0.2) is 0 Å². The van der Waals surface area contributed by atoms with Gasteiger partial charge in [-0.05, 0) is 31.4 Å². The number of hydrogen-bond acceptors (Lipinski definition) is 2. The molecule has 0 amide bonds. The van der Waals surface area contributed by atoms with Crippen molar-refractivity contribution in [3.8, 4) is 0 Å². The number of nitrogens with one attached hydrogen (secondary N) is 1. The molecule has 1 N–H and O–H groups in total. The van der Waals surface area contributed by atoms with Crippen molar-refractivity contribution >= 4 is 0 Å². The highest BCUT2D eigenvalue weighted by Gasteiger charge is 2.24. The van der Waals surface area contributed by atoms with E-state index in [0.29, 0.717) is 18.0 Å². The standard InChI is InChI=1S/C17H26FNO/c1-3-19-12-17(15-9-4-5-10-16(15)18)20-14-8-6-7-13(2)11-14/h4-5,9-10,13-14,17,19H,3,6-8,11-12H2,1-2H3. The fourth-order valence-corrected chi connectivity index (χ4v) is 2.98. The van der Waals surface area contributed by atoms with Crippen molar-refractivity contribution in [3.05, 3.63) is 35.6 Å². The molecule has 0 spiro atoms. The largest absolute Gasteiger partial charge is 0.369 e. The van der Waals surface area contributed by atoms with Gasteiger partial charge < -0.3 is 10.1 Å². The van der Waals surface area contributed by atoms with E-state index in [1.165, 1.54) is 18.9 Å². The van der Waals surface area contributed by atoms with Crippen LogP contribution in [0.3, 0.4) is 0 Å². The second kappa shape index (κ2) is 7.75. The molecule has 3 unspecified atom stereocenters. The lowest BCUT2D eigenvalue weighted by molar-refractivity contribution is -0.0406. The maximum atomic E-state index is 14.0. The summed E-state index contributed by atoms with van der Waals surface area (Å²) >= 11 is 0. The second-order valence-corrected chi connectivity index (χ2v) is 5.85. The van der Waals surface area contributed by atoms with Crippen molar-refractivity contribution in [2.24, 2.45) is 5.92 Å². The quantitative estimate of drug-likeness (QED) is 0.847. The summed E-state index contributed by atoms with van der Waals surface area (Å²) in [5, 5.41) is 3.28. The molecule has 1 aromatic carbocycles. The minimum absolute atomic E-state index is 0.167. The second-order valence-electron chi connectivity index (χ2n) is 5.85. The summed E-state index contributed by atoms with van der Waals surface area (Å²) < 4.78 is 20.2. The molecule has 3 heteroatoms. The summed E-state index contributed by atoms with van der Waals surface area (Å²) in [5.41, 5.74) is 0.673. The minimum Gasteiger partial charge on any atom is -0.369 e. The molecule has 1 aliphatic carbocycles. The van der Waals surface area contributed by atoms with Crippen LogP contribution in [0, 0.1) is 11.7 Å². The highest BCUT2D eigenvalue weighted by atomic mass is 19.1. The van der Waals surface area contributed by atoms with E-state index >= 15 is 0 Å². The molecule has 0 heterocycles. The van der Waals surface area contributed by atoms with Gasteiger partial charge in [-0.3, -0.25) is 0 Å². The molecule has 2 rings (SSSR count). The van der Waals surface area contributed by atoms with Crippen LogP contribution in [-0.2, 0) is 4.74 Å². The van der Waals surface area contributed by atoms with Crippen LogP contribution >= 0.6 is 0 Å². The van der Waals surface area contributed by atoms with Gasteiger partial charge in [-0.25, -0.2) is 4.39 Å². The molecule has 0 aliphatic heterocycles. The molecule has 112 valence electrons. The van der Waals surface area contributed by atoms with Gasteiger partial charge in [0.2, 0.25) is 0 Å². The molecule has 0 saturated heterocycles. The Morgan fingerprint density at radius 1 is 1.35 bits per heavy atom. The zero-order valence-corrected chi connectivity index (χ0v) is 12.6. The molecule has 0 aromatic heterocycles. The number of ether oxygens (including phenoxy) is 1. The lowest BCUT2D eigenvalue weighted by Gasteiger charge is -2.31. The van der Waals surface area contributed by atoms with E-state index in [9.17, 15) is 4.39 Å². The van der Waals surface area contributed by atoms with Crippen LogP contribution in [0.2, 0.25) is 0 Å². The molecular weight excluding hydrogens is 253 g/mol. The Morgan fingerprint density at radius 2 is 2.15 bits per heavy atom. The molecule has 1 aliphatic rings. The highest BCUT2D eigenvalue weighted by Crippen LogP contribution is 2.30. The fraction of sp³-hybridized carbons (Fsp3) is 0.647. The van der Waals surface area contributed by atoms with Crippen molar-refractivity contribution in [1.29, 1.82) is 0 Å². The topological polar surface area (TPSA) is 21.3 Å². The average Bonchev–Trinajstić information content (AvgIpc) is 2.44. The van der Waals surface area contributed by atoms with E-state index in [4.69, 9.17) is 4.74 Å². The third-order valence-corrected chi connectivity index (χ3v) is 4.08. The van der Waals surface area contributed by atoms with Gasteiger partial charge in [0, 0.05) is 12.1 Å². The van der Waals surface area contributed by atoms with Crippen molar-refractivity contribution in [3.63, 3.8) is 0 Å². The number of likely N-dealkylation sites (N-methyl/N-ethyl adjacent to an activating group) is 1. The van der Waals surface area contributed by atoms with Gasteiger partial charge in [-0.1, -0.05) is 44.9 Å². The Morgan fingerprint density at radius 3 is 2.85 bits per heavy atom. The van der Waals surface area contributed by atoms with Gasteiger partial charge in [0.25, 0.3) is 0 Å². The molecule has 1 saturated carbocycles. The van der Waals surface area contributed by atoms with E-state index in [0.717, 1.165) is 19.4 Å². The summed E-state index contributed by atoms with van der Waals surface area (Å²) in [6.07, 6.45) is 4.78. The van der Waals surface area contributed by atoms with Gasteiger partial charge in [-0.2, -0.15) is 0 Å². The van der Waals surface area contributed by atoms with E-state index in [1.54, 1.807) is 6.07 Å². The first-order valence-corrected chi connectivity index (χ1v) is 7.81. The monoisotopic (exact) mass is 279 g/mol. The van der Waals surface area contributed by atoms with Crippen molar-refractivity contribution in [1.82, 2.24) is 5.32 Å². The van der Waals surface area contributed by atoms with Gasteiger partial charge in [0.05, 0.1) is 12.2 Å². The van der Waals surface area contributed by atoms with Crippen molar-refractivity contribution < 1.29 is 9.13 Å². The first kappa shape index (κ1) is 15.5. The zero-order chi connectivity index (χ0) is 14.4. The zero-order valence-electron chi connectivity index (χ0n) is 12.6. The van der Waals surface area contributed by atoms with E-state index < -0.39 is 0 Å². The maximum absolute atomic E-state index is 14.0. The number of benzene rings is 1.